The predicted molar refractivity (Wildman–Crippen MR) is 78.2 cm³/mol. The average molecular weight is 274 g/mol. The molecule has 2 heterocycles. The number of anilines is 1. The van der Waals surface area contributed by atoms with Crippen LogP contribution in [0.5, 0.6) is 0 Å². The van der Waals surface area contributed by atoms with Crippen molar-refractivity contribution >= 4 is 11.7 Å². The van der Waals surface area contributed by atoms with Gasteiger partial charge in [-0.3, -0.25) is 4.79 Å². The molecule has 5 nitrogen and oxygen atoms in total. The lowest BCUT2D eigenvalue weighted by atomic mass is 9.88. The predicted octanol–water partition coefficient (Wildman–Crippen LogP) is 1.38. The first-order chi connectivity index (χ1) is 9.67. The van der Waals surface area contributed by atoms with Crippen molar-refractivity contribution in [2.24, 2.45) is 5.92 Å². The van der Waals surface area contributed by atoms with Crippen LogP contribution >= 0.6 is 0 Å². The van der Waals surface area contributed by atoms with Gasteiger partial charge in [-0.05, 0) is 18.9 Å². The van der Waals surface area contributed by atoms with Crippen LogP contribution in [0.4, 0.5) is 5.95 Å². The molecule has 20 heavy (non-hydrogen) atoms. The normalized spacial score (nSPS) is 23.8. The third-order valence-corrected chi connectivity index (χ3v) is 4.33. The monoisotopic (exact) mass is 274 g/mol. The largest absolute Gasteiger partial charge is 0.338 e. The van der Waals surface area contributed by atoms with E-state index in [-0.39, 0.29) is 5.78 Å². The molecule has 1 aliphatic heterocycles. The Morgan fingerprint density at radius 1 is 1.25 bits per heavy atom. The zero-order chi connectivity index (χ0) is 14.1. The molecule has 0 N–H and O–H groups in total. The van der Waals surface area contributed by atoms with E-state index in [1.165, 1.54) is 0 Å². The molecule has 0 aromatic carbocycles. The van der Waals surface area contributed by atoms with Gasteiger partial charge in [0.1, 0.15) is 0 Å². The Morgan fingerprint density at radius 3 is 2.70 bits per heavy atom. The zero-order valence-corrected chi connectivity index (χ0v) is 12.3. The molecule has 3 rings (SSSR count). The molecule has 108 valence electrons. The van der Waals surface area contributed by atoms with Gasteiger partial charge in [0.25, 0.3) is 0 Å². The summed E-state index contributed by atoms with van der Waals surface area (Å²) >= 11 is 0. The SMILES string of the molecule is CCN1CCN(c2ncc3c(n2)C[C@H](C)CC3=O)CC1. The fourth-order valence-electron chi connectivity index (χ4n) is 3.04. The molecule has 1 aliphatic carbocycles. The van der Waals surface area contributed by atoms with Crippen molar-refractivity contribution in [3.05, 3.63) is 17.5 Å². The number of fused-ring (bicyclic) bond motifs is 1. The number of aromatic nitrogens is 2. The lowest BCUT2D eigenvalue weighted by molar-refractivity contribution is 0.0951. The van der Waals surface area contributed by atoms with Crippen LogP contribution in [0, 0.1) is 5.92 Å². The molecule has 5 heteroatoms. The fourth-order valence-corrected chi connectivity index (χ4v) is 3.04. The van der Waals surface area contributed by atoms with Gasteiger partial charge in [0.05, 0.1) is 11.3 Å². The van der Waals surface area contributed by atoms with E-state index in [1.54, 1.807) is 6.20 Å². The minimum absolute atomic E-state index is 0.195. The Morgan fingerprint density at radius 2 is 2.00 bits per heavy atom. The zero-order valence-electron chi connectivity index (χ0n) is 12.3. The van der Waals surface area contributed by atoms with E-state index in [9.17, 15) is 4.79 Å². The highest BCUT2D eigenvalue weighted by Gasteiger charge is 2.26. The lowest BCUT2D eigenvalue weighted by Crippen LogP contribution is -2.46. The second-order valence-electron chi connectivity index (χ2n) is 5.89. The Hall–Kier alpha value is -1.49. The van der Waals surface area contributed by atoms with E-state index in [2.05, 4.69) is 33.6 Å². The summed E-state index contributed by atoms with van der Waals surface area (Å²) in [5.74, 6) is 1.39. The van der Waals surface area contributed by atoms with Crippen LogP contribution in [0.3, 0.4) is 0 Å². The maximum atomic E-state index is 12.0. The van der Waals surface area contributed by atoms with Crippen LogP contribution in [0.25, 0.3) is 0 Å². The van der Waals surface area contributed by atoms with Crippen molar-refractivity contribution in [1.82, 2.24) is 14.9 Å². The van der Waals surface area contributed by atoms with Gasteiger partial charge in [0.2, 0.25) is 5.95 Å². The van der Waals surface area contributed by atoms with Crippen LogP contribution in [0.15, 0.2) is 6.20 Å². The molecule has 0 saturated carbocycles. The highest BCUT2D eigenvalue weighted by Crippen LogP contribution is 2.25. The molecule has 1 aromatic heterocycles. The summed E-state index contributed by atoms with van der Waals surface area (Å²) in [7, 11) is 0. The smallest absolute Gasteiger partial charge is 0.225 e. The molecule has 1 atom stereocenters. The number of likely N-dealkylation sites (N-methyl/N-ethyl adjacent to an activating group) is 1. The van der Waals surface area contributed by atoms with E-state index in [4.69, 9.17) is 0 Å². The first-order valence-corrected chi connectivity index (χ1v) is 7.53. The number of hydrogen-bond acceptors (Lipinski definition) is 5. The number of nitrogens with zero attached hydrogens (tertiary/aromatic N) is 4. The van der Waals surface area contributed by atoms with Gasteiger partial charge in [-0.2, -0.15) is 0 Å². The third kappa shape index (κ3) is 2.54. The molecule has 0 amide bonds. The Kier molecular flexibility index (Phi) is 3.70. The first-order valence-electron chi connectivity index (χ1n) is 7.53. The molecule has 0 spiro atoms. The minimum atomic E-state index is 0.195. The molecule has 0 bridgehead atoms. The molecule has 1 saturated heterocycles. The topological polar surface area (TPSA) is 49.3 Å². The summed E-state index contributed by atoms with van der Waals surface area (Å²) in [4.78, 5) is 25.7. The van der Waals surface area contributed by atoms with Crippen LogP contribution in [-0.4, -0.2) is 53.4 Å². The average Bonchev–Trinajstić information content (AvgIpc) is 2.46. The molecule has 0 radical (unpaired) electrons. The Bertz CT molecular complexity index is 509. The van der Waals surface area contributed by atoms with E-state index < -0.39 is 0 Å². The summed E-state index contributed by atoms with van der Waals surface area (Å²) in [6.45, 7) is 9.47. The molecular weight excluding hydrogens is 252 g/mol. The Labute approximate surface area is 120 Å². The van der Waals surface area contributed by atoms with E-state index in [0.29, 0.717) is 12.3 Å². The van der Waals surface area contributed by atoms with Crippen molar-refractivity contribution in [3.8, 4) is 0 Å². The number of Topliss-reactive ketones (excluding diaryl/α,β-unsaturated/α-hetero) is 1. The van der Waals surface area contributed by atoms with Crippen LogP contribution < -0.4 is 4.90 Å². The first kappa shape index (κ1) is 13.5. The van der Waals surface area contributed by atoms with Gasteiger partial charge in [-0.25, -0.2) is 9.97 Å². The number of rotatable bonds is 2. The second kappa shape index (κ2) is 5.48. The standard InChI is InChI=1S/C15H22N4O/c1-3-18-4-6-19(7-5-18)15-16-10-12-13(17-15)8-11(2)9-14(12)20/h10-11H,3-9H2,1-2H3/t11-/m0/s1. The highest BCUT2D eigenvalue weighted by molar-refractivity contribution is 5.98. The van der Waals surface area contributed by atoms with E-state index in [0.717, 1.165) is 56.4 Å². The summed E-state index contributed by atoms with van der Waals surface area (Å²) in [6, 6.07) is 0. The summed E-state index contributed by atoms with van der Waals surface area (Å²) in [5.41, 5.74) is 1.68. The lowest BCUT2D eigenvalue weighted by Gasteiger charge is -2.34. The summed E-state index contributed by atoms with van der Waals surface area (Å²) in [5, 5.41) is 0. The van der Waals surface area contributed by atoms with Gasteiger partial charge in [0.15, 0.2) is 5.78 Å². The quantitative estimate of drug-likeness (QED) is 0.815. The number of hydrogen-bond donors (Lipinski definition) is 0. The van der Waals surface area contributed by atoms with Crippen molar-refractivity contribution < 1.29 is 4.79 Å². The summed E-state index contributed by atoms with van der Waals surface area (Å²) in [6.07, 6.45) is 3.26. The maximum absolute atomic E-state index is 12.0. The third-order valence-electron chi connectivity index (χ3n) is 4.33. The molecule has 0 unspecified atom stereocenters. The molecule has 1 aromatic rings. The van der Waals surface area contributed by atoms with Gasteiger partial charge in [-0.1, -0.05) is 13.8 Å². The van der Waals surface area contributed by atoms with Crippen LogP contribution in [-0.2, 0) is 6.42 Å². The number of piperazine rings is 1. The van der Waals surface area contributed by atoms with Gasteiger partial charge in [-0.15, -0.1) is 0 Å². The maximum Gasteiger partial charge on any atom is 0.225 e. The molecule has 1 fully saturated rings. The molecular formula is C15H22N4O. The minimum Gasteiger partial charge on any atom is -0.338 e. The highest BCUT2D eigenvalue weighted by atomic mass is 16.1. The van der Waals surface area contributed by atoms with Gasteiger partial charge >= 0.3 is 0 Å². The second-order valence-corrected chi connectivity index (χ2v) is 5.89. The molecule has 2 aliphatic rings. The van der Waals surface area contributed by atoms with E-state index >= 15 is 0 Å². The Balaban J connectivity index is 1.79. The van der Waals surface area contributed by atoms with Gasteiger partial charge in [0, 0.05) is 38.8 Å². The van der Waals surface area contributed by atoms with Crippen molar-refractivity contribution in [2.75, 3.05) is 37.6 Å². The van der Waals surface area contributed by atoms with E-state index in [1.807, 2.05) is 0 Å². The summed E-state index contributed by atoms with van der Waals surface area (Å²) < 4.78 is 0. The van der Waals surface area contributed by atoms with Crippen LogP contribution in [0.2, 0.25) is 0 Å². The van der Waals surface area contributed by atoms with Gasteiger partial charge < -0.3 is 9.80 Å². The number of carbonyl (C=O) groups is 1. The fraction of sp³-hybridized carbons (Fsp3) is 0.667. The van der Waals surface area contributed by atoms with Crippen molar-refractivity contribution in [3.63, 3.8) is 0 Å². The van der Waals surface area contributed by atoms with Crippen LogP contribution in [0.1, 0.15) is 36.3 Å². The van der Waals surface area contributed by atoms with Crippen molar-refractivity contribution in [1.29, 1.82) is 0 Å². The number of carbonyl (C=O) groups excluding carboxylic acids is 1. The van der Waals surface area contributed by atoms with Crippen molar-refractivity contribution in [2.45, 2.75) is 26.7 Å². The number of ketones is 1.